The van der Waals surface area contributed by atoms with Gasteiger partial charge in [-0.3, -0.25) is 5.01 Å². The van der Waals surface area contributed by atoms with E-state index >= 15 is 0 Å². The lowest BCUT2D eigenvalue weighted by molar-refractivity contribution is 0.386. The molecule has 0 fully saturated rings. The molecule has 0 saturated carbocycles. The first-order valence-electron chi connectivity index (χ1n) is 2.49. The predicted molar refractivity (Wildman–Crippen MR) is 31.9 cm³/mol. The average molecular weight is 111 g/mol. The summed E-state index contributed by atoms with van der Waals surface area (Å²) in [4.78, 5) is 1.85. The van der Waals surface area contributed by atoms with Crippen LogP contribution in [0.2, 0.25) is 0 Å². The summed E-state index contributed by atoms with van der Waals surface area (Å²) in [6, 6.07) is 0. The Morgan fingerprint density at radius 3 is 2.25 bits per heavy atom. The Morgan fingerprint density at radius 1 is 1.50 bits per heavy atom. The number of nitrogens with zero attached hydrogens (tertiary/aromatic N) is 3. The first kappa shape index (κ1) is 5.41. The molecule has 44 valence electrons. The maximum Gasteiger partial charge on any atom is 0.226 e. The molecule has 0 atom stereocenters. The van der Waals surface area contributed by atoms with Crippen LogP contribution in [0.25, 0.3) is 0 Å². The molecule has 8 heavy (non-hydrogen) atoms. The molecular formula is C5H9N3. The summed E-state index contributed by atoms with van der Waals surface area (Å²) in [5.41, 5.74) is 0. The maximum atomic E-state index is 4.03. The van der Waals surface area contributed by atoms with Gasteiger partial charge in [-0.15, -0.1) is 0 Å². The third-order valence-corrected chi connectivity index (χ3v) is 1.07. The van der Waals surface area contributed by atoms with Gasteiger partial charge in [0.15, 0.2) is 0 Å². The van der Waals surface area contributed by atoms with Crippen molar-refractivity contribution in [1.29, 1.82) is 0 Å². The van der Waals surface area contributed by atoms with Crippen molar-refractivity contribution >= 4 is 5.84 Å². The molecule has 0 unspecified atom stereocenters. The summed E-state index contributed by atoms with van der Waals surface area (Å²) in [7, 11) is 3.77. The lowest BCUT2D eigenvalue weighted by Crippen LogP contribution is -2.17. The van der Waals surface area contributed by atoms with Crippen LogP contribution in [0.3, 0.4) is 0 Å². The normalized spacial score (nSPS) is 19.6. The van der Waals surface area contributed by atoms with Gasteiger partial charge < -0.3 is 4.90 Å². The quantitative estimate of drug-likeness (QED) is 0.444. The van der Waals surface area contributed by atoms with Crippen LogP contribution in [0.1, 0.15) is 6.92 Å². The van der Waals surface area contributed by atoms with Gasteiger partial charge in [0.2, 0.25) is 6.67 Å². The van der Waals surface area contributed by atoms with E-state index in [9.17, 15) is 0 Å². The molecule has 3 heteroatoms. The van der Waals surface area contributed by atoms with E-state index in [4.69, 9.17) is 0 Å². The molecule has 0 aliphatic carbocycles. The van der Waals surface area contributed by atoms with Gasteiger partial charge in [-0.05, 0) is 6.92 Å². The van der Waals surface area contributed by atoms with Crippen molar-refractivity contribution in [3.05, 3.63) is 6.67 Å². The highest BCUT2D eigenvalue weighted by Gasteiger charge is 2.12. The minimum absolute atomic E-state index is 0.979. The van der Waals surface area contributed by atoms with Crippen molar-refractivity contribution in [2.45, 2.75) is 6.92 Å². The van der Waals surface area contributed by atoms with Gasteiger partial charge in [-0.25, -0.2) is 0 Å². The van der Waals surface area contributed by atoms with Crippen LogP contribution in [0.5, 0.6) is 0 Å². The molecule has 3 nitrogen and oxygen atoms in total. The second-order valence-electron chi connectivity index (χ2n) is 1.83. The van der Waals surface area contributed by atoms with Gasteiger partial charge in [0, 0.05) is 14.1 Å². The zero-order valence-corrected chi connectivity index (χ0v) is 5.34. The largest absolute Gasteiger partial charge is 0.330 e. The number of hydrazone groups is 1. The standard InChI is InChI=1S/C5H9N3/c1-5-6-8(3)4-7(5)2/h1-3H3. The van der Waals surface area contributed by atoms with Crippen molar-refractivity contribution < 1.29 is 0 Å². The van der Waals surface area contributed by atoms with E-state index < -0.39 is 0 Å². The molecule has 0 aromatic carbocycles. The highest BCUT2D eigenvalue weighted by Crippen LogP contribution is 2.05. The molecule has 1 aliphatic heterocycles. The Kier molecular flexibility index (Phi) is 1.12. The zero-order valence-electron chi connectivity index (χ0n) is 5.34. The SMILES string of the molecule is CC1=NN(C)[C]N1C. The van der Waals surface area contributed by atoms with E-state index in [2.05, 4.69) is 11.8 Å². The molecule has 0 aromatic rings. The lowest BCUT2D eigenvalue weighted by Gasteiger charge is -2.06. The summed E-state index contributed by atoms with van der Waals surface area (Å²) < 4.78 is 0. The van der Waals surface area contributed by atoms with Crippen LogP contribution in [0, 0.1) is 6.67 Å². The van der Waals surface area contributed by atoms with E-state index in [1.807, 2.05) is 25.9 Å². The van der Waals surface area contributed by atoms with Crippen molar-refractivity contribution in [2.75, 3.05) is 14.1 Å². The fourth-order valence-corrected chi connectivity index (χ4v) is 0.596. The van der Waals surface area contributed by atoms with Gasteiger partial charge in [0.25, 0.3) is 0 Å². The smallest absolute Gasteiger partial charge is 0.226 e. The Hall–Kier alpha value is -0.730. The topological polar surface area (TPSA) is 18.8 Å². The van der Waals surface area contributed by atoms with Crippen LogP contribution in [-0.4, -0.2) is 29.8 Å². The molecule has 0 aromatic heterocycles. The van der Waals surface area contributed by atoms with Gasteiger partial charge in [0.05, 0.1) is 0 Å². The second kappa shape index (κ2) is 1.65. The number of rotatable bonds is 0. The summed E-state index contributed by atoms with van der Waals surface area (Å²) >= 11 is 0. The minimum atomic E-state index is 0.979. The first-order chi connectivity index (χ1) is 3.70. The Labute approximate surface area is 49.6 Å². The van der Waals surface area contributed by atoms with Crippen molar-refractivity contribution in [1.82, 2.24) is 9.91 Å². The molecule has 0 N–H and O–H groups in total. The predicted octanol–water partition coefficient (Wildman–Crippen LogP) is 0.193. The van der Waals surface area contributed by atoms with E-state index in [0.717, 1.165) is 5.84 Å². The highest BCUT2D eigenvalue weighted by molar-refractivity contribution is 5.81. The third kappa shape index (κ3) is 0.757. The molecule has 1 aliphatic rings. The molecule has 2 radical (unpaired) electrons. The van der Waals surface area contributed by atoms with E-state index in [-0.39, 0.29) is 0 Å². The fourth-order valence-electron chi connectivity index (χ4n) is 0.596. The maximum absolute atomic E-state index is 4.03. The van der Waals surface area contributed by atoms with Gasteiger partial charge >= 0.3 is 0 Å². The number of amidine groups is 1. The van der Waals surface area contributed by atoms with Crippen molar-refractivity contribution in [3.63, 3.8) is 0 Å². The van der Waals surface area contributed by atoms with Crippen LogP contribution < -0.4 is 0 Å². The first-order valence-corrected chi connectivity index (χ1v) is 2.49. The zero-order chi connectivity index (χ0) is 6.15. The molecule has 0 amide bonds. The Balaban J connectivity index is 2.59. The fraction of sp³-hybridized carbons (Fsp3) is 0.600. The third-order valence-electron chi connectivity index (χ3n) is 1.07. The van der Waals surface area contributed by atoms with Crippen LogP contribution in [0.15, 0.2) is 5.10 Å². The summed E-state index contributed by atoms with van der Waals surface area (Å²) in [5.74, 6) is 0.979. The van der Waals surface area contributed by atoms with Crippen LogP contribution in [0.4, 0.5) is 0 Å². The molecule has 0 bridgehead atoms. The molecular weight excluding hydrogens is 102 g/mol. The molecule has 1 rings (SSSR count). The van der Waals surface area contributed by atoms with Crippen LogP contribution >= 0.6 is 0 Å². The summed E-state index contributed by atoms with van der Waals surface area (Å²) in [6.45, 7) is 4.87. The van der Waals surface area contributed by atoms with Gasteiger partial charge in [0.1, 0.15) is 5.84 Å². The number of hydrogen-bond acceptors (Lipinski definition) is 3. The van der Waals surface area contributed by atoms with Crippen molar-refractivity contribution in [2.24, 2.45) is 5.10 Å². The lowest BCUT2D eigenvalue weighted by atomic mass is 10.6. The van der Waals surface area contributed by atoms with Gasteiger partial charge in [-0.2, -0.15) is 5.10 Å². The minimum Gasteiger partial charge on any atom is -0.330 e. The summed E-state index contributed by atoms with van der Waals surface area (Å²) in [5, 5.41) is 5.70. The van der Waals surface area contributed by atoms with E-state index in [0.29, 0.717) is 0 Å². The van der Waals surface area contributed by atoms with Crippen molar-refractivity contribution in [3.8, 4) is 0 Å². The average Bonchev–Trinajstić information content (AvgIpc) is 1.85. The Morgan fingerprint density at radius 2 is 2.12 bits per heavy atom. The summed E-state index contributed by atoms with van der Waals surface area (Å²) in [6.07, 6.45) is 0. The number of hydrogen-bond donors (Lipinski definition) is 0. The molecule has 1 heterocycles. The molecule has 0 saturated heterocycles. The molecule has 0 spiro atoms. The van der Waals surface area contributed by atoms with E-state index in [1.165, 1.54) is 0 Å². The van der Waals surface area contributed by atoms with E-state index in [1.54, 1.807) is 5.01 Å². The second-order valence-corrected chi connectivity index (χ2v) is 1.83. The van der Waals surface area contributed by atoms with Gasteiger partial charge in [-0.1, -0.05) is 0 Å². The Bertz CT molecular complexity index is 119. The monoisotopic (exact) mass is 111 g/mol. The highest BCUT2D eigenvalue weighted by atomic mass is 15.6. The van der Waals surface area contributed by atoms with Crippen LogP contribution in [-0.2, 0) is 0 Å².